The highest BCUT2D eigenvalue weighted by Crippen LogP contribution is 2.63. The summed E-state index contributed by atoms with van der Waals surface area (Å²) >= 11 is 1.89. The third-order valence-corrected chi connectivity index (χ3v) is 18.6. The highest BCUT2D eigenvalue weighted by Gasteiger charge is 2.50. The van der Waals surface area contributed by atoms with Crippen LogP contribution in [0, 0.1) is 0 Å². The first-order valence-electron chi connectivity index (χ1n) is 26.9. The lowest BCUT2D eigenvalue weighted by Gasteiger charge is -2.40. The molecule has 16 aromatic rings. The zero-order valence-electron chi connectivity index (χ0n) is 42.1. The summed E-state index contributed by atoms with van der Waals surface area (Å²) in [6.07, 6.45) is 0. The molecule has 0 unspecified atom stereocenters. The first kappa shape index (κ1) is 42.4. The lowest BCUT2D eigenvalue weighted by Crippen LogP contribution is -2.32. The summed E-state index contributed by atoms with van der Waals surface area (Å²) in [5.41, 5.74) is 21.3. The van der Waals surface area contributed by atoms with Gasteiger partial charge in [0.15, 0.2) is 0 Å². The number of fused-ring (bicyclic) bond motifs is 21. The average molecular weight is 1010 g/mol. The van der Waals surface area contributed by atoms with E-state index in [9.17, 15) is 0 Å². The van der Waals surface area contributed by atoms with E-state index in [0.717, 1.165) is 22.7 Å². The van der Waals surface area contributed by atoms with E-state index in [4.69, 9.17) is 0 Å². The van der Waals surface area contributed by atoms with Crippen LogP contribution < -0.4 is 0 Å². The van der Waals surface area contributed by atoms with Crippen molar-refractivity contribution < 1.29 is 0 Å². The van der Waals surface area contributed by atoms with Crippen LogP contribution in [0.5, 0.6) is 0 Å². The molecule has 18 rings (SSSR count). The van der Waals surface area contributed by atoms with Gasteiger partial charge in [-0.2, -0.15) is 0 Å². The Balaban J connectivity index is 0.861. The first-order valence-corrected chi connectivity index (χ1v) is 27.7. The molecule has 5 heterocycles. The van der Waals surface area contributed by atoms with Gasteiger partial charge in [0.2, 0.25) is 0 Å². The summed E-state index contributed by atoms with van der Waals surface area (Å²) < 4.78 is 9.87. The van der Waals surface area contributed by atoms with Crippen LogP contribution in [0.15, 0.2) is 277 Å². The fourth-order valence-corrected chi connectivity index (χ4v) is 15.5. The van der Waals surface area contributed by atoms with E-state index in [1.165, 1.54) is 130 Å². The summed E-state index contributed by atoms with van der Waals surface area (Å²) in [7, 11) is 0. The Morgan fingerprint density at radius 1 is 0.218 bits per heavy atom. The van der Waals surface area contributed by atoms with Crippen LogP contribution in [0.4, 0.5) is 0 Å². The number of para-hydroxylation sites is 6. The van der Waals surface area contributed by atoms with Crippen molar-refractivity contribution in [1.29, 1.82) is 0 Å². The van der Waals surface area contributed by atoms with E-state index in [0.29, 0.717) is 0 Å². The fourth-order valence-electron chi connectivity index (χ4n) is 14.3. The van der Waals surface area contributed by atoms with Crippen molar-refractivity contribution in [3.05, 3.63) is 289 Å². The maximum absolute atomic E-state index is 2.53. The van der Waals surface area contributed by atoms with Gasteiger partial charge < -0.3 is 18.3 Å². The van der Waals surface area contributed by atoms with E-state index < -0.39 is 5.41 Å². The van der Waals surface area contributed by atoms with Crippen LogP contribution in [0.2, 0.25) is 0 Å². The SMILES string of the molecule is c1ccc2c(c1)Sc1ccccc1C21c2cc(-n3c4ccccc4c4cc(-n5c6ccccc6c6ccccc65)ccc43)ccc2-c2ccc(-n3c4ccccc4c4cc(-n5c6ccccc6c6ccccc65)ccc43)cc21. The third kappa shape index (κ3) is 5.50. The number of benzene rings is 12. The number of nitrogens with zero attached hydrogens (tertiary/aromatic N) is 4. The lowest BCUT2D eigenvalue weighted by molar-refractivity contribution is 0.721. The molecule has 5 heteroatoms. The summed E-state index contributed by atoms with van der Waals surface area (Å²) in [5, 5.41) is 9.98. The van der Waals surface area contributed by atoms with Gasteiger partial charge in [0.05, 0.1) is 49.5 Å². The van der Waals surface area contributed by atoms with E-state index >= 15 is 0 Å². The standard InChI is InChI=1S/C73H44N4S/c1-9-25-63-51(17-1)52-18-2-10-26-64(52)74(63)45-35-39-69-57(41-45)55-21-5-13-29-67(55)76(69)47-33-37-49-50-38-34-48(44-62(50)73(61(49)43-47)59-23-7-15-31-71(59)78-72-32-16-8-24-60(72)73)77-68-30-14-6-22-56(68)58-42-46(36-40-70(58)77)75-65-27-11-3-19-53(65)54-20-4-12-28-66(54)75/h1-44H. The molecule has 78 heavy (non-hydrogen) atoms. The van der Waals surface area contributed by atoms with Crippen molar-refractivity contribution in [3.63, 3.8) is 0 Å². The van der Waals surface area contributed by atoms with Gasteiger partial charge in [0, 0.05) is 75.6 Å². The largest absolute Gasteiger partial charge is 0.309 e. The van der Waals surface area contributed by atoms with E-state index in [-0.39, 0.29) is 0 Å². The van der Waals surface area contributed by atoms with Crippen LogP contribution in [0.25, 0.3) is 121 Å². The molecule has 0 radical (unpaired) electrons. The number of rotatable bonds is 4. The highest BCUT2D eigenvalue weighted by molar-refractivity contribution is 7.99. The predicted molar refractivity (Wildman–Crippen MR) is 325 cm³/mol. The zero-order chi connectivity index (χ0) is 50.8. The van der Waals surface area contributed by atoms with Crippen molar-refractivity contribution in [2.75, 3.05) is 0 Å². The Bertz CT molecular complexity index is 4840. The second-order valence-electron chi connectivity index (χ2n) is 21.2. The molecular weight excluding hydrogens is 965 g/mol. The molecule has 4 aromatic heterocycles. The number of aromatic nitrogens is 4. The lowest BCUT2D eigenvalue weighted by atomic mass is 9.67. The molecule has 362 valence electrons. The minimum Gasteiger partial charge on any atom is -0.309 e. The Morgan fingerprint density at radius 2 is 0.487 bits per heavy atom. The third-order valence-electron chi connectivity index (χ3n) is 17.4. The molecule has 1 spiro atoms. The highest BCUT2D eigenvalue weighted by atomic mass is 32.2. The van der Waals surface area contributed by atoms with Gasteiger partial charge in [-0.25, -0.2) is 0 Å². The van der Waals surface area contributed by atoms with Crippen LogP contribution >= 0.6 is 11.8 Å². The topological polar surface area (TPSA) is 19.7 Å². The molecule has 12 aromatic carbocycles. The number of hydrogen-bond acceptors (Lipinski definition) is 1. The molecule has 0 N–H and O–H groups in total. The Hall–Kier alpha value is -9.81. The van der Waals surface area contributed by atoms with Crippen molar-refractivity contribution in [1.82, 2.24) is 18.3 Å². The average Bonchev–Trinajstić information content (AvgIpc) is 3.76. The molecule has 4 nitrogen and oxygen atoms in total. The minimum absolute atomic E-state index is 0.611. The first-order chi connectivity index (χ1) is 38.7. The summed E-state index contributed by atoms with van der Waals surface area (Å²) in [5.74, 6) is 0. The van der Waals surface area contributed by atoms with Gasteiger partial charge in [-0.3, -0.25) is 0 Å². The predicted octanol–water partition coefficient (Wildman–Crippen LogP) is 18.9. The molecule has 1 aliphatic carbocycles. The molecule has 0 saturated heterocycles. The molecule has 2 aliphatic rings. The van der Waals surface area contributed by atoms with Gasteiger partial charge in [0.1, 0.15) is 0 Å². The second-order valence-corrected chi connectivity index (χ2v) is 22.2. The normalized spacial score (nSPS) is 13.4. The van der Waals surface area contributed by atoms with E-state index in [1.54, 1.807) is 0 Å². The monoisotopic (exact) mass is 1010 g/mol. The van der Waals surface area contributed by atoms with Crippen molar-refractivity contribution >= 4 is 99.0 Å². The van der Waals surface area contributed by atoms with Crippen molar-refractivity contribution in [2.24, 2.45) is 0 Å². The van der Waals surface area contributed by atoms with Crippen LogP contribution in [0.3, 0.4) is 0 Å². The van der Waals surface area contributed by atoms with Crippen molar-refractivity contribution in [3.8, 4) is 33.9 Å². The van der Waals surface area contributed by atoms with E-state index in [2.05, 4.69) is 285 Å². The van der Waals surface area contributed by atoms with Crippen molar-refractivity contribution in [2.45, 2.75) is 15.2 Å². The molecule has 0 fully saturated rings. The van der Waals surface area contributed by atoms with Gasteiger partial charge in [-0.1, -0.05) is 169 Å². The maximum atomic E-state index is 2.53. The van der Waals surface area contributed by atoms with Gasteiger partial charge in [0.25, 0.3) is 0 Å². The maximum Gasteiger partial charge on any atom is 0.0736 e. The Labute approximate surface area is 452 Å². The summed E-state index contributed by atoms with van der Waals surface area (Å²) in [4.78, 5) is 2.57. The van der Waals surface area contributed by atoms with Gasteiger partial charge >= 0.3 is 0 Å². The summed E-state index contributed by atoms with van der Waals surface area (Å²) in [6, 6.07) is 100. The second kappa shape index (κ2) is 15.6. The number of hydrogen-bond donors (Lipinski definition) is 0. The van der Waals surface area contributed by atoms with Gasteiger partial charge in [-0.15, -0.1) is 0 Å². The molecule has 1 aliphatic heterocycles. The Morgan fingerprint density at radius 3 is 0.846 bits per heavy atom. The molecule has 0 bridgehead atoms. The van der Waals surface area contributed by atoms with Gasteiger partial charge in [-0.05, 0) is 143 Å². The molecule has 0 saturated carbocycles. The zero-order valence-corrected chi connectivity index (χ0v) is 42.9. The molecular formula is C73H44N4S. The summed E-state index contributed by atoms with van der Waals surface area (Å²) in [6.45, 7) is 0. The molecule has 0 atom stereocenters. The van der Waals surface area contributed by atoms with Crippen LogP contribution in [-0.4, -0.2) is 18.3 Å². The Kier molecular flexibility index (Phi) is 8.51. The smallest absolute Gasteiger partial charge is 0.0736 e. The minimum atomic E-state index is -0.611. The van der Waals surface area contributed by atoms with Crippen LogP contribution in [-0.2, 0) is 5.41 Å². The quantitative estimate of drug-likeness (QED) is 0.172. The molecule has 0 amide bonds. The fraction of sp³-hybridized carbons (Fsp3) is 0.0137. The van der Waals surface area contributed by atoms with Crippen LogP contribution in [0.1, 0.15) is 22.3 Å². The van der Waals surface area contributed by atoms with E-state index in [1.807, 2.05) is 11.8 Å².